The highest BCUT2D eigenvalue weighted by Gasteiger charge is 2.47. The number of fused-ring (bicyclic) bond motifs is 7. The molecule has 0 spiro atoms. The quantitative estimate of drug-likeness (QED) is 0.0187. The number of nitrogens with one attached hydrogen (secondary N) is 1. The van der Waals surface area contributed by atoms with Crippen molar-refractivity contribution in [3.05, 3.63) is 278 Å². The minimum absolute atomic E-state index is 0. The Morgan fingerprint density at radius 3 is 1.34 bits per heavy atom. The Bertz CT molecular complexity index is 6080. The molecule has 9 aromatic carbocycles. The van der Waals surface area contributed by atoms with Crippen LogP contribution in [0.15, 0.2) is 221 Å². The molecule has 9 aromatic rings. The number of rotatable bonds is 5. The molecular formula is C108H136F6N5O12S2-. The summed E-state index contributed by atoms with van der Waals surface area (Å²) in [6.07, 6.45) is 10.1. The highest BCUT2D eigenvalue weighted by atomic mass is 32.2. The number of anilines is 1. The largest absolute Gasteiger partial charge is 1.00 e. The fourth-order valence-corrected chi connectivity index (χ4v) is 14.8. The molecule has 0 aromatic heterocycles. The van der Waals surface area contributed by atoms with E-state index in [1.807, 2.05) is 123 Å². The first-order valence-electron chi connectivity index (χ1n) is 43.8. The molecular weight excluding hydrogens is 1740 g/mol. The van der Waals surface area contributed by atoms with Crippen molar-refractivity contribution in [3.63, 3.8) is 0 Å². The summed E-state index contributed by atoms with van der Waals surface area (Å²) in [5.41, 5.74) is 11.5. The zero-order chi connectivity index (χ0) is 100.0. The molecule has 4 aliphatic heterocycles. The monoisotopic (exact) mass is 1870 g/mol. The van der Waals surface area contributed by atoms with Gasteiger partial charge in [0.25, 0.3) is 0 Å². The number of ketones is 4. The van der Waals surface area contributed by atoms with Crippen LogP contribution in [0.2, 0.25) is 0 Å². The van der Waals surface area contributed by atoms with Gasteiger partial charge in [-0.25, -0.2) is 13.0 Å². The minimum Gasteiger partial charge on any atom is -1.00 e. The van der Waals surface area contributed by atoms with E-state index in [9.17, 15) is 59.0 Å². The number of carbonyl (C=O) groups is 5. The van der Waals surface area contributed by atoms with Crippen molar-refractivity contribution < 1.29 is 87.0 Å². The van der Waals surface area contributed by atoms with E-state index in [2.05, 4.69) is 267 Å². The van der Waals surface area contributed by atoms with Gasteiger partial charge in [-0.3, -0.25) is 33.3 Å². The van der Waals surface area contributed by atoms with E-state index < -0.39 is 31.3 Å². The second-order valence-corrected chi connectivity index (χ2v) is 42.2. The molecule has 0 unspecified atom stereocenters. The summed E-state index contributed by atoms with van der Waals surface area (Å²) in [6, 6.07) is 61.3. The number of aliphatic hydroxyl groups is 1. The first-order valence-corrected chi connectivity index (χ1v) is 46.6. The van der Waals surface area contributed by atoms with Gasteiger partial charge < -0.3 is 26.1 Å². The summed E-state index contributed by atoms with van der Waals surface area (Å²) < 4.78 is 117. The average Bonchev–Trinajstić information content (AvgIpc) is 1.59. The van der Waals surface area contributed by atoms with Crippen LogP contribution >= 0.6 is 0 Å². The number of likely N-dealkylation sites (N-methyl/N-ethyl adjacent to an activating group) is 1. The van der Waals surface area contributed by atoms with Gasteiger partial charge in [0, 0.05) is 87.9 Å². The molecule has 4 heterocycles. The van der Waals surface area contributed by atoms with Crippen molar-refractivity contribution in [2.75, 3.05) is 39.2 Å². The SMILES string of the molecule is C.C1CCNCC1.CC(=O)C(C)C.CC1=Nc2ccc(C(C)(C)C)cc2C1(C)C.CC1=[N+](C)c2ccc(C(C)(C)C)cc2C1(C)C.CC=O.CN1/C(=C/C=C2C(=O)c3cc4ccccc4cc3C2=O)C(C)(C)c2cc(C(C)(C)C)ccc21.COS(=O)(=O)C(F)(F)F.Cc1ccc(C(C)(C)C)cc1.O=C1C(C=Nc2ccccc2)=C(O)c2cc3ccccc3cc21.O=S(=O)([O-])C(F)(F)F.[2H-]. The van der Waals surface area contributed by atoms with E-state index in [1.54, 1.807) is 13.0 Å². The third-order valence-corrected chi connectivity index (χ3v) is 25.5. The van der Waals surface area contributed by atoms with Gasteiger partial charge in [-0.2, -0.15) is 34.8 Å². The minimum atomic E-state index is -6.09. The van der Waals surface area contributed by atoms with E-state index >= 15 is 0 Å². The number of halogens is 6. The molecule has 0 amide bonds. The van der Waals surface area contributed by atoms with Gasteiger partial charge in [0.1, 0.15) is 24.9 Å². The zero-order valence-corrected chi connectivity index (χ0v) is 83.2. The maximum absolute atomic E-state index is 13.1. The highest BCUT2D eigenvalue weighted by molar-refractivity contribution is 7.87. The van der Waals surface area contributed by atoms with Crippen LogP contribution in [0.4, 0.5) is 49.1 Å². The van der Waals surface area contributed by atoms with Crippen molar-refractivity contribution in [2.24, 2.45) is 15.9 Å². The number of aryl methyl sites for hydroxylation is 1. The van der Waals surface area contributed by atoms with Gasteiger partial charge >= 0.3 is 21.1 Å². The molecule has 15 rings (SSSR count). The van der Waals surface area contributed by atoms with Gasteiger partial charge in [0.2, 0.25) is 5.69 Å². The molecule has 0 bridgehead atoms. The first-order chi connectivity index (χ1) is 60.7. The van der Waals surface area contributed by atoms with E-state index in [0.29, 0.717) is 29.4 Å². The van der Waals surface area contributed by atoms with Gasteiger partial charge in [0.05, 0.1) is 35.0 Å². The molecule has 133 heavy (non-hydrogen) atoms. The second kappa shape index (κ2) is 44.9. The summed E-state index contributed by atoms with van der Waals surface area (Å²) in [6.45, 7) is 56.3. The molecule has 6 aliphatic rings. The zero-order valence-electron chi connectivity index (χ0n) is 82.6. The highest BCUT2D eigenvalue weighted by Crippen LogP contribution is 2.49. The lowest BCUT2D eigenvalue weighted by Gasteiger charge is -2.25. The van der Waals surface area contributed by atoms with Gasteiger partial charge in [-0.15, -0.1) is 0 Å². The van der Waals surface area contributed by atoms with Gasteiger partial charge in [-0.05, 0) is 211 Å². The smallest absolute Gasteiger partial charge is 0.523 e. The molecule has 17 nitrogen and oxygen atoms in total. The summed E-state index contributed by atoms with van der Waals surface area (Å²) >= 11 is 0. The van der Waals surface area contributed by atoms with E-state index in [4.69, 9.17) is 17.8 Å². The molecule has 0 saturated carbocycles. The number of aliphatic hydroxyl groups excluding tert-OH is 1. The Morgan fingerprint density at radius 2 is 0.955 bits per heavy atom. The first kappa shape index (κ1) is 113. The Morgan fingerprint density at radius 1 is 0.564 bits per heavy atom. The number of para-hydroxylation sites is 1. The number of allylic oxidation sites excluding steroid dienone is 5. The Balaban J connectivity index is 0.000000331. The van der Waals surface area contributed by atoms with Gasteiger partial charge in [-0.1, -0.05) is 265 Å². The molecule has 1 fully saturated rings. The molecule has 2 N–H and O–H groups in total. The second-order valence-electron chi connectivity index (χ2n) is 39.1. The van der Waals surface area contributed by atoms with Crippen LogP contribution in [0.25, 0.3) is 27.3 Å². The lowest BCUT2D eigenvalue weighted by Crippen LogP contribution is -2.25. The van der Waals surface area contributed by atoms with Crippen LogP contribution in [0.3, 0.4) is 0 Å². The number of Topliss-reactive ketones (excluding diaryl/α,β-unsaturated/α-hetero) is 4. The molecule has 0 radical (unpaired) electrons. The van der Waals surface area contributed by atoms with E-state index in [0.717, 1.165) is 50.6 Å². The molecule has 1 saturated heterocycles. The van der Waals surface area contributed by atoms with Crippen LogP contribution in [0.1, 0.15) is 275 Å². The Kier molecular flexibility index (Phi) is 38.0. The van der Waals surface area contributed by atoms with Crippen molar-refractivity contribution in [2.45, 2.75) is 249 Å². The number of nitrogens with zero attached hydrogens (tertiary/aromatic N) is 4. The van der Waals surface area contributed by atoms with Crippen LogP contribution < -0.4 is 10.2 Å². The molecule has 720 valence electrons. The number of alkyl halides is 6. The predicted octanol–water partition coefficient (Wildman–Crippen LogP) is 26.6. The standard InChI is InChI=1S/C30H29NO2.C20H13NO2.C16H24N.C15H21N.C11H16.C5H11N.C5H10O.C2H3F3O3S.C2H4O.CHF3O3S.CH4.H/c1-29(2,3)20-11-13-25-24(17-20)30(4,5)26(31(25)6)14-12-21-27(32)22-15-18-9-7-8-10-19(18)16-23(22)28(21)33;22-19-16-10-13-6-4-5-7-14(13)11-17(16)20(23)18(19)12-21-15-8-2-1-3-9-15;1-11-16(5,6)13-10-12(15(2,3)4)8-9-14(13)17(11)7;1-10-15(5,6)12-9-11(14(2,3)4)7-8-13(12)16-10;1-9-5-7-10(8-6-9)11(2,3)4;1-2-4-6-5-3-1;1-4(2)5(3)6;1-8-9(6,7)2(3,4)5;1-2-3;2-1(3,4)8(5,6)7;;/h7-17H,1-6H3;1-12,22H;8-10H,1-7H3;7-9H,1-6H3;5-8H,1-4H3;6H,1-5H2;4H,1-3H3;1H3;2H,1H3;(H,5,6,7);1H4;/q;;+1;;;;;;;;;-1/p-1/b26-14+;;;;;;;;;;;/i;;;;;;;;;;;1+1. The van der Waals surface area contributed by atoms with Crippen LogP contribution in [0.5, 0.6) is 0 Å². The van der Waals surface area contributed by atoms with E-state index in [1.165, 1.54) is 107 Å². The maximum Gasteiger partial charge on any atom is 0.523 e. The van der Waals surface area contributed by atoms with Crippen LogP contribution in [-0.2, 0) is 71.9 Å². The van der Waals surface area contributed by atoms with Crippen molar-refractivity contribution in [3.8, 4) is 0 Å². The lowest BCUT2D eigenvalue weighted by atomic mass is 9.78. The number of aldehydes is 1. The fourth-order valence-electron chi connectivity index (χ4n) is 14.6. The van der Waals surface area contributed by atoms with Gasteiger partial charge in [0.15, 0.2) is 33.2 Å². The van der Waals surface area contributed by atoms with Crippen molar-refractivity contribution >= 4 is 117 Å². The van der Waals surface area contributed by atoms with Crippen LogP contribution in [-0.4, -0.2) is 123 Å². The molecule has 2 aliphatic carbocycles. The number of piperidine rings is 1. The third kappa shape index (κ3) is 28.6. The maximum atomic E-state index is 13.1. The fraction of sp³-hybridized carbons (Fsp3) is 0.407. The number of carbonyl (C=O) groups excluding carboxylic acids is 5. The third-order valence-electron chi connectivity index (χ3n) is 23.9. The number of benzene rings is 9. The summed E-state index contributed by atoms with van der Waals surface area (Å²) in [4.78, 5) is 68.9. The average molecular weight is 1880 g/mol. The molecule has 25 heteroatoms. The lowest BCUT2D eigenvalue weighted by molar-refractivity contribution is -0.403. The normalized spacial score (nSPS) is 15.9. The number of hydrogen-bond acceptors (Lipinski definition) is 16. The predicted molar refractivity (Wildman–Crippen MR) is 533 cm³/mol. The Hall–Kier alpha value is -11.0. The van der Waals surface area contributed by atoms with Crippen molar-refractivity contribution in [1.82, 2.24) is 5.32 Å². The van der Waals surface area contributed by atoms with Crippen molar-refractivity contribution in [1.29, 1.82) is 0 Å². The molecule has 0 atom stereocenters. The van der Waals surface area contributed by atoms with Crippen LogP contribution in [0, 0.1) is 12.8 Å². The Labute approximate surface area is 786 Å². The summed E-state index contributed by atoms with van der Waals surface area (Å²) in [5.74, 6) is -0.106. The number of aliphatic imine (C=N–C) groups is 2. The van der Waals surface area contributed by atoms with E-state index in [-0.39, 0.29) is 92.7 Å². The summed E-state index contributed by atoms with van der Waals surface area (Å²) in [7, 11) is -6.76. The number of hydrogen-bond donors (Lipinski definition) is 2. The topological polar surface area (TPSA) is 249 Å². The summed E-state index contributed by atoms with van der Waals surface area (Å²) in [5, 5.41) is 17.6.